The summed E-state index contributed by atoms with van der Waals surface area (Å²) in [6.45, 7) is 1.83. The van der Waals surface area contributed by atoms with Crippen LogP contribution >= 0.6 is 15.9 Å². The number of hydrogen-bond acceptors (Lipinski definition) is 3. The second kappa shape index (κ2) is 5.92. The molecule has 0 radical (unpaired) electrons. The highest BCUT2D eigenvalue weighted by Crippen LogP contribution is 2.24. The molecule has 19 heavy (non-hydrogen) atoms. The smallest absolute Gasteiger partial charge is 0.153 e. The van der Waals surface area contributed by atoms with E-state index in [1.807, 2.05) is 36.4 Å². The third kappa shape index (κ3) is 3.94. The van der Waals surface area contributed by atoms with Crippen molar-refractivity contribution in [1.29, 1.82) is 0 Å². The lowest BCUT2D eigenvalue weighted by molar-refractivity contribution is 0.341. The van der Waals surface area contributed by atoms with Gasteiger partial charge in [0.15, 0.2) is 9.84 Å². The minimum absolute atomic E-state index is 0.0574. The maximum Gasteiger partial charge on any atom is 0.153 e. The van der Waals surface area contributed by atoms with Crippen LogP contribution in [0, 0.1) is 0 Å². The van der Waals surface area contributed by atoms with E-state index in [1.54, 1.807) is 6.92 Å². The number of sulfone groups is 1. The van der Waals surface area contributed by atoms with Crippen molar-refractivity contribution in [1.82, 2.24) is 0 Å². The molecular weight excluding hydrogens is 328 g/mol. The van der Waals surface area contributed by atoms with E-state index in [-0.39, 0.29) is 18.1 Å². The fourth-order valence-corrected chi connectivity index (χ4v) is 2.72. The van der Waals surface area contributed by atoms with E-state index >= 15 is 0 Å². The van der Waals surface area contributed by atoms with Crippen LogP contribution < -0.4 is 4.74 Å². The minimum atomic E-state index is -2.97. The Morgan fingerprint density at radius 2 is 1.79 bits per heavy atom. The van der Waals surface area contributed by atoms with Crippen molar-refractivity contribution >= 4 is 36.5 Å². The van der Waals surface area contributed by atoms with Gasteiger partial charge in [-0.3, -0.25) is 0 Å². The molecule has 2 rings (SSSR count). The number of benzene rings is 2. The highest BCUT2D eigenvalue weighted by molar-refractivity contribution is 9.10. The molecule has 2 aromatic carbocycles. The van der Waals surface area contributed by atoms with E-state index in [9.17, 15) is 8.42 Å². The van der Waals surface area contributed by atoms with E-state index in [2.05, 4.69) is 15.9 Å². The van der Waals surface area contributed by atoms with Gasteiger partial charge in [0.2, 0.25) is 0 Å². The molecule has 0 atom stereocenters. The summed E-state index contributed by atoms with van der Waals surface area (Å²) >= 11 is 3.42. The Labute approximate surface area is 121 Å². The van der Waals surface area contributed by atoms with Crippen molar-refractivity contribution in [3.8, 4) is 5.75 Å². The Kier molecular flexibility index (Phi) is 4.47. The molecule has 0 bridgehead atoms. The van der Waals surface area contributed by atoms with Crippen LogP contribution in [0.5, 0.6) is 5.75 Å². The second-order valence-electron chi connectivity index (χ2n) is 4.24. The van der Waals surface area contributed by atoms with Gasteiger partial charge in [-0.15, -0.1) is 0 Å². The second-order valence-corrected chi connectivity index (χ2v) is 7.63. The van der Waals surface area contributed by atoms with Crippen molar-refractivity contribution in [2.45, 2.75) is 6.92 Å². The van der Waals surface area contributed by atoms with Gasteiger partial charge in [0.05, 0.1) is 5.75 Å². The van der Waals surface area contributed by atoms with Gasteiger partial charge in [-0.2, -0.15) is 0 Å². The summed E-state index contributed by atoms with van der Waals surface area (Å²) in [5.41, 5.74) is 0. The maximum atomic E-state index is 11.4. The number of halogens is 1. The van der Waals surface area contributed by atoms with Gasteiger partial charge >= 0.3 is 0 Å². The Morgan fingerprint density at radius 3 is 2.53 bits per heavy atom. The Morgan fingerprint density at radius 1 is 1.11 bits per heavy atom. The summed E-state index contributed by atoms with van der Waals surface area (Å²) in [5, 5.41) is 2.18. The summed E-state index contributed by atoms with van der Waals surface area (Å²) in [5.74, 6) is 0.908. The summed E-state index contributed by atoms with van der Waals surface area (Å²) in [6, 6.07) is 11.7. The molecule has 0 aliphatic heterocycles. The van der Waals surface area contributed by atoms with Crippen LogP contribution in [-0.4, -0.2) is 26.5 Å². The molecule has 5 heteroatoms. The minimum Gasteiger partial charge on any atom is -0.493 e. The predicted molar refractivity (Wildman–Crippen MR) is 81.5 cm³/mol. The van der Waals surface area contributed by atoms with Gasteiger partial charge in [-0.05, 0) is 35.0 Å². The predicted octanol–water partition coefficient (Wildman–Crippen LogP) is 3.42. The molecule has 0 saturated heterocycles. The molecular formula is C14H15BrO3S. The summed E-state index contributed by atoms with van der Waals surface area (Å²) in [7, 11) is -2.97. The summed E-state index contributed by atoms with van der Waals surface area (Å²) in [4.78, 5) is 0. The van der Waals surface area contributed by atoms with Crippen LogP contribution in [0.15, 0.2) is 40.9 Å². The summed E-state index contributed by atoms with van der Waals surface area (Å²) < 4.78 is 29.2. The lowest BCUT2D eigenvalue weighted by atomic mass is 10.1. The van der Waals surface area contributed by atoms with Crippen LogP contribution in [-0.2, 0) is 9.84 Å². The van der Waals surface area contributed by atoms with Crippen molar-refractivity contribution in [2.24, 2.45) is 0 Å². The number of hydrogen-bond donors (Lipinski definition) is 0. The molecule has 2 aromatic rings. The van der Waals surface area contributed by atoms with Gasteiger partial charge in [-0.1, -0.05) is 35.0 Å². The van der Waals surface area contributed by atoms with Gasteiger partial charge in [0, 0.05) is 10.2 Å². The first-order chi connectivity index (χ1) is 9.00. The highest BCUT2D eigenvalue weighted by Gasteiger charge is 2.07. The lowest BCUT2D eigenvalue weighted by Crippen LogP contribution is -2.15. The Balaban J connectivity index is 2.08. The van der Waals surface area contributed by atoms with E-state index < -0.39 is 9.84 Å². The highest BCUT2D eigenvalue weighted by atomic mass is 79.9. The number of fused-ring (bicyclic) bond motifs is 1. The first-order valence-electron chi connectivity index (χ1n) is 6.03. The van der Waals surface area contributed by atoms with Crippen molar-refractivity contribution < 1.29 is 13.2 Å². The number of ether oxygens (including phenoxy) is 1. The molecule has 0 saturated carbocycles. The molecule has 0 spiro atoms. The van der Waals surface area contributed by atoms with Gasteiger partial charge < -0.3 is 4.74 Å². The molecule has 0 fully saturated rings. The SMILES string of the molecule is CCS(=O)(=O)CCOc1ccc2cc(Br)ccc2c1. The molecule has 0 N–H and O–H groups in total. The Hall–Kier alpha value is -1.07. The number of rotatable bonds is 5. The molecule has 0 unspecified atom stereocenters. The topological polar surface area (TPSA) is 43.4 Å². The summed E-state index contributed by atoms with van der Waals surface area (Å²) in [6.07, 6.45) is 0. The largest absolute Gasteiger partial charge is 0.493 e. The van der Waals surface area contributed by atoms with Crippen LogP contribution in [0.25, 0.3) is 10.8 Å². The normalized spacial score (nSPS) is 11.7. The van der Waals surface area contributed by atoms with Crippen LogP contribution in [0.3, 0.4) is 0 Å². The van der Waals surface area contributed by atoms with Crippen LogP contribution in [0.2, 0.25) is 0 Å². The standard InChI is InChI=1S/C14H15BrO3S/c1-2-19(16,17)8-7-18-14-6-4-11-9-13(15)5-3-12(11)10-14/h3-6,9-10H,2,7-8H2,1H3. The van der Waals surface area contributed by atoms with Crippen LogP contribution in [0.4, 0.5) is 0 Å². The fraction of sp³-hybridized carbons (Fsp3) is 0.286. The van der Waals surface area contributed by atoms with E-state index in [0.717, 1.165) is 15.2 Å². The zero-order chi connectivity index (χ0) is 13.9. The maximum absolute atomic E-state index is 11.4. The van der Waals surface area contributed by atoms with E-state index in [0.29, 0.717) is 5.75 Å². The molecule has 102 valence electrons. The molecule has 3 nitrogen and oxygen atoms in total. The average molecular weight is 343 g/mol. The molecule has 0 aliphatic carbocycles. The molecule has 0 aromatic heterocycles. The van der Waals surface area contributed by atoms with Gasteiger partial charge in [0.1, 0.15) is 12.4 Å². The average Bonchev–Trinajstić information content (AvgIpc) is 2.39. The van der Waals surface area contributed by atoms with Crippen molar-refractivity contribution in [3.05, 3.63) is 40.9 Å². The first-order valence-corrected chi connectivity index (χ1v) is 8.64. The van der Waals surface area contributed by atoms with Crippen molar-refractivity contribution in [2.75, 3.05) is 18.1 Å². The first kappa shape index (κ1) is 14.3. The molecule has 0 heterocycles. The van der Waals surface area contributed by atoms with Crippen LogP contribution in [0.1, 0.15) is 6.92 Å². The Bertz CT molecular complexity index is 680. The third-order valence-corrected chi connectivity index (χ3v) is 5.04. The zero-order valence-electron chi connectivity index (χ0n) is 10.6. The lowest BCUT2D eigenvalue weighted by Gasteiger charge is -2.07. The van der Waals surface area contributed by atoms with Gasteiger partial charge in [0.25, 0.3) is 0 Å². The molecule has 0 aliphatic rings. The fourth-order valence-electron chi connectivity index (χ4n) is 1.72. The quantitative estimate of drug-likeness (QED) is 0.836. The zero-order valence-corrected chi connectivity index (χ0v) is 13.0. The monoisotopic (exact) mass is 342 g/mol. The van der Waals surface area contributed by atoms with Crippen molar-refractivity contribution in [3.63, 3.8) is 0 Å². The third-order valence-electron chi connectivity index (χ3n) is 2.88. The van der Waals surface area contributed by atoms with E-state index in [4.69, 9.17) is 4.74 Å². The van der Waals surface area contributed by atoms with E-state index in [1.165, 1.54) is 0 Å². The van der Waals surface area contributed by atoms with Gasteiger partial charge in [-0.25, -0.2) is 8.42 Å². The molecule has 0 amide bonds.